The second kappa shape index (κ2) is 9.85. The Hall–Kier alpha value is -1.69. The fourth-order valence-corrected chi connectivity index (χ4v) is 6.47. The highest BCUT2D eigenvalue weighted by atomic mass is 32.1. The molecular weight excluding hydrogens is 404 g/mol. The normalized spacial score (nSPS) is 22.7. The van der Waals surface area contributed by atoms with Crippen LogP contribution >= 0.6 is 11.3 Å². The number of piperidine rings is 1. The standard InChI is InChI=1S/C26H36N2O2S/c1-4-19(5-2)18-28-14-12-26(13-15-28)22-11-7-6-10-21(22)24(25(26)30-3)27-23(29)17-20-9-8-16-31-20/h6-11,16,19,24-25H,4-5,12-15,17-18H2,1-3H3,(H,27,29)/t24-,25+/m0/s1. The minimum absolute atomic E-state index is 0.0172. The molecule has 0 unspecified atom stereocenters. The summed E-state index contributed by atoms with van der Waals surface area (Å²) in [5.74, 6) is 0.861. The summed E-state index contributed by atoms with van der Waals surface area (Å²) in [7, 11) is 1.81. The first-order valence-corrected chi connectivity index (χ1v) is 12.7. The molecule has 4 nitrogen and oxygen atoms in total. The molecule has 1 aromatic carbocycles. The van der Waals surface area contributed by atoms with Gasteiger partial charge in [-0.1, -0.05) is 57.0 Å². The van der Waals surface area contributed by atoms with Crippen molar-refractivity contribution in [3.05, 3.63) is 57.8 Å². The molecule has 1 amide bonds. The molecule has 1 spiro atoms. The summed E-state index contributed by atoms with van der Waals surface area (Å²) in [5.41, 5.74) is 2.60. The van der Waals surface area contributed by atoms with Gasteiger partial charge in [-0.15, -0.1) is 11.3 Å². The summed E-state index contributed by atoms with van der Waals surface area (Å²) in [6, 6.07) is 12.6. The van der Waals surface area contributed by atoms with Crippen molar-refractivity contribution >= 4 is 17.2 Å². The Morgan fingerprint density at radius 3 is 2.58 bits per heavy atom. The summed E-state index contributed by atoms with van der Waals surface area (Å²) in [5, 5.41) is 5.36. The first kappa shape index (κ1) is 22.5. The van der Waals surface area contributed by atoms with Crippen LogP contribution < -0.4 is 5.32 Å². The van der Waals surface area contributed by atoms with E-state index < -0.39 is 0 Å². The quantitative estimate of drug-likeness (QED) is 0.632. The van der Waals surface area contributed by atoms with E-state index in [0.717, 1.165) is 36.7 Å². The average molecular weight is 441 g/mol. The topological polar surface area (TPSA) is 41.6 Å². The Morgan fingerprint density at radius 2 is 1.94 bits per heavy atom. The summed E-state index contributed by atoms with van der Waals surface area (Å²) >= 11 is 1.63. The molecule has 0 bridgehead atoms. The molecule has 31 heavy (non-hydrogen) atoms. The predicted octanol–water partition coefficient (Wildman–Crippen LogP) is 4.95. The molecule has 5 heteroatoms. The van der Waals surface area contributed by atoms with Crippen molar-refractivity contribution in [2.45, 2.75) is 63.5 Å². The number of ether oxygens (including phenoxy) is 1. The Morgan fingerprint density at radius 1 is 1.19 bits per heavy atom. The number of amides is 1. The number of carbonyl (C=O) groups is 1. The van der Waals surface area contributed by atoms with Crippen molar-refractivity contribution in [1.82, 2.24) is 10.2 Å². The zero-order chi connectivity index (χ0) is 21.8. The average Bonchev–Trinajstić information content (AvgIpc) is 3.39. The number of fused-ring (bicyclic) bond motifs is 2. The zero-order valence-corrected chi connectivity index (χ0v) is 19.9. The summed E-state index contributed by atoms with van der Waals surface area (Å²) in [6.45, 7) is 8.00. The molecule has 1 saturated heterocycles. The number of carbonyl (C=O) groups excluding carboxylic acids is 1. The Kier molecular flexibility index (Phi) is 7.15. The van der Waals surface area contributed by atoms with Crippen molar-refractivity contribution in [2.24, 2.45) is 5.92 Å². The number of hydrogen-bond acceptors (Lipinski definition) is 4. The molecule has 2 aromatic rings. The molecule has 168 valence electrons. The lowest BCUT2D eigenvalue weighted by atomic mass is 9.71. The van der Waals surface area contributed by atoms with Crippen molar-refractivity contribution in [2.75, 3.05) is 26.7 Å². The number of nitrogens with one attached hydrogen (secondary N) is 1. The molecule has 0 radical (unpaired) electrons. The number of benzene rings is 1. The van der Waals surface area contributed by atoms with E-state index in [4.69, 9.17) is 4.74 Å². The highest BCUT2D eigenvalue weighted by Crippen LogP contribution is 2.52. The van der Waals surface area contributed by atoms with Gasteiger partial charge < -0.3 is 15.0 Å². The number of rotatable bonds is 8. The minimum atomic E-state index is -0.0840. The van der Waals surface area contributed by atoms with Crippen LogP contribution in [0, 0.1) is 5.92 Å². The zero-order valence-electron chi connectivity index (χ0n) is 19.1. The second-order valence-corrected chi connectivity index (χ2v) is 10.2. The SMILES string of the molecule is CCC(CC)CN1CCC2(CC1)c1ccccc1[C@H](NC(=O)Cc1cccs1)[C@H]2OC. The van der Waals surface area contributed by atoms with E-state index in [1.165, 1.54) is 30.5 Å². The van der Waals surface area contributed by atoms with E-state index >= 15 is 0 Å². The number of methoxy groups -OCH3 is 1. The summed E-state index contributed by atoms with van der Waals surface area (Å²) < 4.78 is 6.16. The molecule has 1 aliphatic heterocycles. The van der Waals surface area contributed by atoms with E-state index in [-0.39, 0.29) is 23.5 Å². The molecule has 1 fully saturated rings. The molecule has 4 rings (SSSR count). The van der Waals surface area contributed by atoms with Crippen LogP contribution in [0.1, 0.15) is 61.6 Å². The van der Waals surface area contributed by atoms with Gasteiger partial charge in [-0.3, -0.25) is 4.79 Å². The van der Waals surface area contributed by atoms with Gasteiger partial charge in [0.2, 0.25) is 5.91 Å². The molecule has 0 saturated carbocycles. The van der Waals surface area contributed by atoms with Crippen LogP contribution in [0.3, 0.4) is 0 Å². The van der Waals surface area contributed by atoms with E-state index in [1.54, 1.807) is 11.3 Å². The largest absolute Gasteiger partial charge is 0.378 e. The third-order valence-electron chi connectivity index (χ3n) is 7.58. The monoisotopic (exact) mass is 440 g/mol. The summed E-state index contributed by atoms with van der Waals surface area (Å²) in [6.07, 6.45) is 5.08. The van der Waals surface area contributed by atoms with Gasteiger partial charge in [-0.25, -0.2) is 0 Å². The van der Waals surface area contributed by atoms with Crippen LogP contribution in [-0.4, -0.2) is 43.7 Å². The number of likely N-dealkylation sites (tertiary alicyclic amines) is 1. The fraction of sp³-hybridized carbons (Fsp3) is 0.577. The van der Waals surface area contributed by atoms with Gasteiger partial charge in [0, 0.05) is 23.9 Å². The lowest BCUT2D eigenvalue weighted by molar-refractivity contribution is -0.122. The number of nitrogens with zero attached hydrogens (tertiary/aromatic N) is 1. The highest BCUT2D eigenvalue weighted by molar-refractivity contribution is 7.10. The third-order valence-corrected chi connectivity index (χ3v) is 8.46. The molecule has 2 aliphatic rings. The first-order valence-electron chi connectivity index (χ1n) is 11.8. The van der Waals surface area contributed by atoms with Crippen molar-refractivity contribution in [3.8, 4) is 0 Å². The van der Waals surface area contributed by atoms with Crippen molar-refractivity contribution in [3.63, 3.8) is 0 Å². The van der Waals surface area contributed by atoms with Gasteiger partial charge >= 0.3 is 0 Å². The second-order valence-electron chi connectivity index (χ2n) is 9.18. The van der Waals surface area contributed by atoms with E-state index in [1.807, 2.05) is 24.6 Å². The predicted molar refractivity (Wildman–Crippen MR) is 128 cm³/mol. The number of thiophene rings is 1. The lowest BCUT2D eigenvalue weighted by Crippen LogP contribution is -2.51. The van der Waals surface area contributed by atoms with Gasteiger partial charge in [0.1, 0.15) is 0 Å². The fourth-order valence-electron chi connectivity index (χ4n) is 5.77. The van der Waals surface area contributed by atoms with Crippen LogP contribution in [0.15, 0.2) is 41.8 Å². The van der Waals surface area contributed by atoms with Crippen LogP contribution in [0.4, 0.5) is 0 Å². The van der Waals surface area contributed by atoms with Crippen LogP contribution in [0.25, 0.3) is 0 Å². The van der Waals surface area contributed by atoms with Crippen LogP contribution in [-0.2, 0) is 21.4 Å². The minimum Gasteiger partial charge on any atom is -0.378 e. The van der Waals surface area contributed by atoms with Gasteiger partial charge in [-0.05, 0) is 54.4 Å². The van der Waals surface area contributed by atoms with Gasteiger partial charge in [0.25, 0.3) is 0 Å². The van der Waals surface area contributed by atoms with Crippen molar-refractivity contribution in [1.29, 1.82) is 0 Å². The molecule has 1 aliphatic carbocycles. The van der Waals surface area contributed by atoms with E-state index in [0.29, 0.717) is 6.42 Å². The van der Waals surface area contributed by atoms with Gasteiger partial charge in [0.15, 0.2) is 0 Å². The molecule has 2 atom stereocenters. The Labute approximate surface area is 191 Å². The van der Waals surface area contributed by atoms with Gasteiger partial charge in [-0.2, -0.15) is 0 Å². The van der Waals surface area contributed by atoms with Gasteiger partial charge in [0.05, 0.1) is 18.6 Å². The molecule has 2 heterocycles. The first-order chi connectivity index (χ1) is 15.1. The smallest absolute Gasteiger partial charge is 0.225 e. The third kappa shape index (κ3) is 4.46. The maximum absolute atomic E-state index is 12.9. The molecule has 1 N–H and O–H groups in total. The van der Waals surface area contributed by atoms with Crippen LogP contribution in [0.5, 0.6) is 0 Å². The summed E-state index contributed by atoms with van der Waals surface area (Å²) in [4.78, 5) is 16.6. The highest BCUT2D eigenvalue weighted by Gasteiger charge is 2.53. The van der Waals surface area contributed by atoms with Crippen molar-refractivity contribution < 1.29 is 9.53 Å². The molecular formula is C26H36N2O2S. The Bertz CT molecular complexity index is 854. The maximum atomic E-state index is 12.9. The van der Waals surface area contributed by atoms with E-state index in [9.17, 15) is 4.79 Å². The molecule has 1 aromatic heterocycles. The number of hydrogen-bond donors (Lipinski definition) is 1. The maximum Gasteiger partial charge on any atom is 0.225 e. The lowest BCUT2D eigenvalue weighted by Gasteiger charge is -2.44. The van der Waals surface area contributed by atoms with Crippen LogP contribution in [0.2, 0.25) is 0 Å². The van der Waals surface area contributed by atoms with E-state index in [2.05, 4.69) is 48.3 Å². The Balaban J connectivity index is 1.53.